The lowest BCUT2D eigenvalue weighted by Crippen LogP contribution is -2.39. The zero-order valence-electron chi connectivity index (χ0n) is 20.1. The Morgan fingerprint density at radius 3 is 2.33 bits per heavy atom. The van der Waals surface area contributed by atoms with Crippen molar-refractivity contribution in [3.63, 3.8) is 0 Å². The number of benzene rings is 2. The zero-order chi connectivity index (χ0) is 25.3. The van der Waals surface area contributed by atoms with Gasteiger partial charge in [0.1, 0.15) is 12.3 Å². The van der Waals surface area contributed by atoms with Crippen molar-refractivity contribution in [1.82, 2.24) is 9.47 Å². The minimum atomic E-state index is -4.38. The molecule has 0 atom stereocenters. The van der Waals surface area contributed by atoms with E-state index in [9.17, 15) is 18.0 Å². The van der Waals surface area contributed by atoms with E-state index in [1.54, 1.807) is 24.1 Å². The van der Waals surface area contributed by atoms with Gasteiger partial charge in [0.15, 0.2) is 11.5 Å². The van der Waals surface area contributed by atoms with Crippen LogP contribution in [0.5, 0.6) is 11.5 Å². The molecule has 0 unspecified atom stereocenters. The fourth-order valence-electron chi connectivity index (χ4n) is 4.81. The van der Waals surface area contributed by atoms with Crippen molar-refractivity contribution >= 4 is 11.6 Å². The molecule has 1 saturated heterocycles. The molecule has 0 spiro atoms. The third-order valence-electron chi connectivity index (χ3n) is 6.79. The van der Waals surface area contributed by atoms with Gasteiger partial charge in [-0.2, -0.15) is 13.2 Å². The van der Waals surface area contributed by atoms with Crippen molar-refractivity contribution in [2.24, 2.45) is 0 Å². The first kappa shape index (κ1) is 24.2. The van der Waals surface area contributed by atoms with Crippen molar-refractivity contribution in [2.75, 3.05) is 44.8 Å². The Morgan fingerprint density at radius 1 is 0.889 bits per heavy atom. The zero-order valence-corrected chi connectivity index (χ0v) is 20.1. The van der Waals surface area contributed by atoms with Crippen LogP contribution in [0.4, 0.5) is 18.9 Å². The Morgan fingerprint density at radius 2 is 1.64 bits per heavy atom. The van der Waals surface area contributed by atoms with Crippen LogP contribution in [0.25, 0.3) is 11.1 Å². The molecule has 0 N–H and O–H groups in total. The summed E-state index contributed by atoms with van der Waals surface area (Å²) in [6.45, 7) is 4.69. The number of ether oxygens (including phenoxy) is 2. The molecular weight excluding hydrogens is 471 g/mol. The van der Waals surface area contributed by atoms with Gasteiger partial charge in [-0.3, -0.25) is 9.69 Å². The highest BCUT2D eigenvalue weighted by molar-refractivity contribution is 6.06. The average Bonchev–Trinajstić information content (AvgIpc) is 3.55. The van der Waals surface area contributed by atoms with Crippen LogP contribution in [0, 0.1) is 0 Å². The van der Waals surface area contributed by atoms with Crippen molar-refractivity contribution in [3.05, 3.63) is 66.0 Å². The van der Waals surface area contributed by atoms with Crippen LogP contribution in [0.2, 0.25) is 0 Å². The van der Waals surface area contributed by atoms with Crippen molar-refractivity contribution in [2.45, 2.75) is 25.6 Å². The van der Waals surface area contributed by atoms with Crippen LogP contribution in [0.15, 0.2) is 54.7 Å². The Kier molecular flexibility index (Phi) is 6.66. The minimum Gasteiger partial charge on any atom is -0.493 e. The first-order valence-electron chi connectivity index (χ1n) is 12.1. The van der Waals surface area contributed by atoms with Gasteiger partial charge in [0.05, 0.1) is 12.7 Å². The lowest BCUT2D eigenvalue weighted by atomic mass is 10.1. The number of methoxy groups -OCH3 is 1. The number of halogens is 3. The molecule has 9 heteroatoms. The molecule has 0 radical (unpaired) electrons. The molecule has 2 aromatic carbocycles. The number of likely N-dealkylation sites (tertiary alicyclic amines) is 1. The number of anilines is 1. The summed E-state index contributed by atoms with van der Waals surface area (Å²) in [5, 5.41) is 0. The van der Waals surface area contributed by atoms with E-state index in [1.807, 2.05) is 22.9 Å². The Hall–Kier alpha value is -3.46. The number of aromatic nitrogens is 1. The van der Waals surface area contributed by atoms with Crippen molar-refractivity contribution in [1.29, 1.82) is 0 Å². The van der Waals surface area contributed by atoms with Gasteiger partial charge in [0.2, 0.25) is 0 Å². The lowest BCUT2D eigenvalue weighted by Gasteiger charge is -2.29. The Balaban J connectivity index is 1.30. The van der Waals surface area contributed by atoms with Crippen molar-refractivity contribution < 1.29 is 27.4 Å². The molecule has 36 heavy (non-hydrogen) atoms. The van der Waals surface area contributed by atoms with Gasteiger partial charge in [-0.1, -0.05) is 12.1 Å². The van der Waals surface area contributed by atoms with Gasteiger partial charge in [-0.25, -0.2) is 0 Å². The van der Waals surface area contributed by atoms with Crippen LogP contribution >= 0.6 is 0 Å². The number of carbonyl (C=O) groups is 1. The van der Waals surface area contributed by atoms with Gasteiger partial charge >= 0.3 is 6.18 Å². The van der Waals surface area contributed by atoms with Crippen molar-refractivity contribution in [3.8, 4) is 22.6 Å². The van der Waals surface area contributed by atoms with Crippen LogP contribution < -0.4 is 14.4 Å². The number of hydrogen-bond acceptors (Lipinski definition) is 4. The summed E-state index contributed by atoms with van der Waals surface area (Å²) < 4.78 is 52.0. The molecule has 190 valence electrons. The quantitative estimate of drug-likeness (QED) is 0.442. The maximum Gasteiger partial charge on any atom is 0.416 e. The maximum atomic E-state index is 13.3. The fraction of sp³-hybridized carbons (Fsp3) is 0.370. The van der Waals surface area contributed by atoms with Gasteiger partial charge in [0.25, 0.3) is 5.91 Å². The van der Waals surface area contributed by atoms with E-state index >= 15 is 0 Å². The molecular formula is C27H28F3N3O3. The molecule has 0 saturated carbocycles. The van der Waals surface area contributed by atoms with E-state index in [2.05, 4.69) is 4.90 Å². The number of rotatable bonds is 7. The van der Waals surface area contributed by atoms with E-state index < -0.39 is 11.7 Å². The second-order valence-electron chi connectivity index (χ2n) is 9.07. The summed E-state index contributed by atoms with van der Waals surface area (Å²) in [5.74, 6) is 1.02. The van der Waals surface area contributed by atoms with E-state index in [-0.39, 0.29) is 5.91 Å². The van der Waals surface area contributed by atoms with Crippen LogP contribution in [0.3, 0.4) is 0 Å². The van der Waals surface area contributed by atoms with Gasteiger partial charge in [-0.05, 0) is 61.8 Å². The third kappa shape index (κ3) is 4.93. The average molecular weight is 500 g/mol. The predicted molar refractivity (Wildman–Crippen MR) is 131 cm³/mol. The summed E-state index contributed by atoms with van der Waals surface area (Å²) in [6, 6.07) is 12.2. The summed E-state index contributed by atoms with van der Waals surface area (Å²) in [6.07, 6.45) is -0.107. The summed E-state index contributed by atoms with van der Waals surface area (Å²) in [4.78, 5) is 17.4. The molecule has 0 aliphatic carbocycles. The van der Waals surface area contributed by atoms with E-state index in [0.29, 0.717) is 53.7 Å². The highest BCUT2D eigenvalue weighted by Crippen LogP contribution is 2.35. The predicted octanol–water partition coefficient (Wildman–Crippen LogP) is 5.32. The van der Waals surface area contributed by atoms with Crippen LogP contribution in [0.1, 0.15) is 28.9 Å². The van der Waals surface area contributed by atoms with E-state index in [0.717, 1.165) is 31.8 Å². The second-order valence-corrected chi connectivity index (χ2v) is 9.07. The molecule has 3 aromatic rings. The molecule has 2 aliphatic heterocycles. The molecule has 1 fully saturated rings. The molecule has 5 rings (SSSR count). The number of fused-ring (bicyclic) bond motifs is 1. The maximum absolute atomic E-state index is 13.3. The molecule has 0 bridgehead atoms. The molecule has 1 aromatic heterocycles. The number of nitrogens with zero attached hydrogens (tertiary/aromatic N) is 3. The number of amides is 1. The lowest BCUT2D eigenvalue weighted by molar-refractivity contribution is -0.137. The Labute approximate surface area is 207 Å². The van der Waals surface area contributed by atoms with Gasteiger partial charge in [-0.15, -0.1) is 0 Å². The minimum absolute atomic E-state index is 0.177. The monoisotopic (exact) mass is 499 g/mol. The van der Waals surface area contributed by atoms with Gasteiger partial charge < -0.3 is 18.9 Å². The summed E-state index contributed by atoms with van der Waals surface area (Å²) >= 11 is 0. The molecule has 1 amide bonds. The summed E-state index contributed by atoms with van der Waals surface area (Å²) in [7, 11) is 1.58. The topological polar surface area (TPSA) is 46.9 Å². The second kappa shape index (κ2) is 9.89. The number of carbonyl (C=O) groups excluding carboxylic acids is 1. The normalized spacial score (nSPS) is 16.3. The highest BCUT2D eigenvalue weighted by Gasteiger charge is 2.31. The molecule has 2 aliphatic rings. The van der Waals surface area contributed by atoms with E-state index in [1.165, 1.54) is 25.0 Å². The largest absolute Gasteiger partial charge is 0.493 e. The molecule has 3 heterocycles. The van der Waals surface area contributed by atoms with Crippen LogP contribution in [-0.4, -0.2) is 55.3 Å². The first-order valence-corrected chi connectivity index (χ1v) is 12.1. The first-order chi connectivity index (χ1) is 17.3. The van der Waals surface area contributed by atoms with Crippen LogP contribution in [-0.2, 0) is 12.7 Å². The Bertz CT molecular complexity index is 1230. The molecule has 6 nitrogen and oxygen atoms in total. The third-order valence-corrected chi connectivity index (χ3v) is 6.79. The SMILES string of the molecule is COc1cc(N2CCn3cc(-c4ccc(C(F)(F)F)cc4)cc3C2=O)ccc1OCCN1CCCC1. The van der Waals surface area contributed by atoms with Gasteiger partial charge in [0, 0.05) is 43.1 Å². The van der Waals surface area contributed by atoms with E-state index in [4.69, 9.17) is 9.47 Å². The smallest absolute Gasteiger partial charge is 0.416 e. The standard InChI is InChI=1S/C27H28F3N3O3/c1-35-25-17-22(8-9-24(25)36-15-14-31-10-2-3-11-31)33-13-12-32-18-20(16-23(32)26(33)34)19-4-6-21(7-5-19)27(28,29)30/h4-9,16-18H,2-3,10-15H2,1H3. The fourth-order valence-corrected chi connectivity index (χ4v) is 4.81. The summed E-state index contributed by atoms with van der Waals surface area (Å²) in [5.41, 5.74) is 1.82. The number of hydrogen-bond donors (Lipinski definition) is 0. The highest BCUT2D eigenvalue weighted by atomic mass is 19.4. The number of alkyl halides is 3.